The normalized spacial score (nSPS) is 10.6. The van der Waals surface area contributed by atoms with Gasteiger partial charge in [-0.3, -0.25) is 4.98 Å². The van der Waals surface area contributed by atoms with E-state index in [-0.39, 0.29) is 11.6 Å². The van der Waals surface area contributed by atoms with Gasteiger partial charge in [0.15, 0.2) is 0 Å². The number of rotatable bonds is 0. The molecule has 0 aliphatic heterocycles. The fraction of sp³-hybridized carbons (Fsp3) is 0. The van der Waals surface area contributed by atoms with Crippen LogP contribution < -0.4 is 0 Å². The molecular formula is C9H5BrFNO. The number of nitrogens with zero attached hydrogens (tertiary/aromatic N) is 1. The molecule has 4 heteroatoms. The second-order valence-corrected chi connectivity index (χ2v) is 3.47. The van der Waals surface area contributed by atoms with E-state index in [0.717, 1.165) is 0 Å². The SMILES string of the molecule is Oc1cnc2c(Br)ccc(F)c2c1. The lowest BCUT2D eigenvalue weighted by molar-refractivity contribution is 0.473. The van der Waals surface area contributed by atoms with Crippen LogP contribution >= 0.6 is 15.9 Å². The monoisotopic (exact) mass is 241 g/mol. The van der Waals surface area contributed by atoms with E-state index >= 15 is 0 Å². The van der Waals surface area contributed by atoms with Crippen molar-refractivity contribution in [1.82, 2.24) is 4.98 Å². The average molecular weight is 242 g/mol. The highest BCUT2D eigenvalue weighted by atomic mass is 79.9. The van der Waals surface area contributed by atoms with E-state index in [1.807, 2.05) is 0 Å². The van der Waals surface area contributed by atoms with Crippen molar-refractivity contribution in [3.63, 3.8) is 0 Å². The second kappa shape index (κ2) is 2.96. The minimum Gasteiger partial charge on any atom is -0.506 e. The topological polar surface area (TPSA) is 33.1 Å². The van der Waals surface area contributed by atoms with Crippen molar-refractivity contribution in [2.24, 2.45) is 0 Å². The van der Waals surface area contributed by atoms with Crippen LogP contribution in [0.2, 0.25) is 0 Å². The lowest BCUT2D eigenvalue weighted by Crippen LogP contribution is -1.84. The van der Waals surface area contributed by atoms with Crippen LogP contribution in [0.3, 0.4) is 0 Å². The molecule has 0 saturated carbocycles. The van der Waals surface area contributed by atoms with Crippen molar-refractivity contribution in [2.45, 2.75) is 0 Å². The molecule has 13 heavy (non-hydrogen) atoms. The molecule has 0 aliphatic carbocycles. The van der Waals surface area contributed by atoms with Gasteiger partial charge in [-0.1, -0.05) is 0 Å². The molecule has 0 saturated heterocycles. The largest absolute Gasteiger partial charge is 0.506 e. The zero-order valence-corrected chi connectivity index (χ0v) is 8.05. The van der Waals surface area contributed by atoms with E-state index in [0.29, 0.717) is 15.4 Å². The summed E-state index contributed by atoms with van der Waals surface area (Å²) < 4.78 is 13.9. The molecule has 2 aromatic rings. The molecule has 2 rings (SSSR count). The van der Waals surface area contributed by atoms with Crippen molar-refractivity contribution in [3.8, 4) is 5.75 Å². The number of aromatic nitrogens is 1. The summed E-state index contributed by atoms with van der Waals surface area (Å²) >= 11 is 3.24. The zero-order valence-electron chi connectivity index (χ0n) is 6.46. The number of aromatic hydroxyl groups is 1. The highest BCUT2D eigenvalue weighted by Gasteiger charge is 2.05. The quantitative estimate of drug-likeness (QED) is 0.770. The maximum atomic E-state index is 13.2. The summed E-state index contributed by atoms with van der Waals surface area (Å²) in [4.78, 5) is 3.90. The summed E-state index contributed by atoms with van der Waals surface area (Å²) in [5, 5.41) is 9.42. The van der Waals surface area contributed by atoms with Gasteiger partial charge in [-0.25, -0.2) is 4.39 Å². The summed E-state index contributed by atoms with van der Waals surface area (Å²) in [7, 11) is 0. The minimum absolute atomic E-state index is 0.0375. The molecule has 0 atom stereocenters. The second-order valence-electron chi connectivity index (χ2n) is 2.62. The lowest BCUT2D eigenvalue weighted by Gasteiger charge is -2.01. The first-order valence-electron chi connectivity index (χ1n) is 3.61. The molecule has 0 bridgehead atoms. The van der Waals surface area contributed by atoms with Crippen LogP contribution in [-0.4, -0.2) is 10.1 Å². The van der Waals surface area contributed by atoms with Crippen molar-refractivity contribution in [1.29, 1.82) is 0 Å². The van der Waals surface area contributed by atoms with Gasteiger partial charge in [-0.2, -0.15) is 0 Å². The van der Waals surface area contributed by atoms with Gasteiger partial charge >= 0.3 is 0 Å². The van der Waals surface area contributed by atoms with E-state index in [2.05, 4.69) is 20.9 Å². The Labute approximate surface area is 82.2 Å². The van der Waals surface area contributed by atoms with Gasteiger partial charge in [0, 0.05) is 9.86 Å². The number of hydrogen-bond donors (Lipinski definition) is 1. The van der Waals surface area contributed by atoms with E-state index in [9.17, 15) is 4.39 Å². The molecule has 2 nitrogen and oxygen atoms in total. The molecule has 66 valence electrons. The van der Waals surface area contributed by atoms with Crippen LogP contribution in [-0.2, 0) is 0 Å². The Hall–Kier alpha value is -1.16. The molecule has 0 unspecified atom stereocenters. The van der Waals surface area contributed by atoms with Gasteiger partial charge in [0.1, 0.15) is 11.6 Å². The molecule has 1 N–H and O–H groups in total. The Balaban J connectivity index is 2.92. The first kappa shape index (κ1) is 8.44. The summed E-state index contributed by atoms with van der Waals surface area (Å²) in [6.45, 7) is 0. The van der Waals surface area contributed by atoms with Gasteiger partial charge in [0.05, 0.1) is 11.7 Å². The number of fused-ring (bicyclic) bond motifs is 1. The summed E-state index contributed by atoms with van der Waals surface area (Å²) in [5.74, 6) is -0.425. The van der Waals surface area contributed by atoms with Gasteiger partial charge in [-0.05, 0) is 34.1 Å². The molecule has 0 aliphatic rings. The summed E-state index contributed by atoms with van der Waals surface area (Å²) in [5.41, 5.74) is 0.512. The zero-order chi connectivity index (χ0) is 9.42. The predicted octanol–water partition coefficient (Wildman–Crippen LogP) is 2.84. The first-order valence-corrected chi connectivity index (χ1v) is 4.40. The fourth-order valence-corrected chi connectivity index (χ4v) is 1.59. The van der Waals surface area contributed by atoms with E-state index < -0.39 is 0 Å². The Morgan fingerprint density at radius 1 is 1.38 bits per heavy atom. The third-order valence-electron chi connectivity index (χ3n) is 1.73. The van der Waals surface area contributed by atoms with Crippen LogP contribution in [0, 0.1) is 5.82 Å². The number of hydrogen-bond acceptors (Lipinski definition) is 2. The molecule has 0 amide bonds. The number of halogens is 2. The number of benzene rings is 1. The Kier molecular flexibility index (Phi) is 1.92. The van der Waals surface area contributed by atoms with Crippen molar-refractivity contribution in [3.05, 3.63) is 34.7 Å². The van der Waals surface area contributed by atoms with Crippen LogP contribution in [0.25, 0.3) is 10.9 Å². The standard InChI is InChI=1S/C9H5BrFNO/c10-7-1-2-8(11)6-3-5(13)4-12-9(6)7/h1-4,13H. The Morgan fingerprint density at radius 2 is 2.15 bits per heavy atom. The van der Waals surface area contributed by atoms with Crippen molar-refractivity contribution >= 4 is 26.8 Å². The molecule has 1 aromatic carbocycles. The van der Waals surface area contributed by atoms with Gasteiger partial charge in [0.25, 0.3) is 0 Å². The maximum Gasteiger partial charge on any atom is 0.134 e. The highest BCUT2D eigenvalue weighted by Crippen LogP contribution is 2.26. The van der Waals surface area contributed by atoms with Gasteiger partial charge in [0.2, 0.25) is 0 Å². The van der Waals surface area contributed by atoms with Crippen LogP contribution in [0.4, 0.5) is 4.39 Å². The molecule has 0 fully saturated rings. The maximum absolute atomic E-state index is 13.2. The van der Waals surface area contributed by atoms with Crippen molar-refractivity contribution in [2.75, 3.05) is 0 Å². The summed E-state index contributed by atoms with van der Waals surface area (Å²) in [6, 6.07) is 4.26. The fourth-order valence-electron chi connectivity index (χ4n) is 1.14. The molecule has 0 spiro atoms. The molecule has 0 radical (unpaired) electrons. The number of pyridine rings is 1. The third kappa shape index (κ3) is 1.37. The minimum atomic E-state index is -0.387. The highest BCUT2D eigenvalue weighted by molar-refractivity contribution is 9.10. The molecular weight excluding hydrogens is 237 g/mol. The van der Waals surface area contributed by atoms with E-state index in [4.69, 9.17) is 5.11 Å². The smallest absolute Gasteiger partial charge is 0.134 e. The van der Waals surface area contributed by atoms with Crippen molar-refractivity contribution < 1.29 is 9.50 Å². The van der Waals surface area contributed by atoms with E-state index in [1.165, 1.54) is 18.3 Å². The molecule has 1 heterocycles. The van der Waals surface area contributed by atoms with Gasteiger partial charge < -0.3 is 5.11 Å². The Bertz CT molecular complexity index is 472. The summed E-state index contributed by atoms with van der Waals surface area (Å²) in [6.07, 6.45) is 1.28. The predicted molar refractivity (Wildman–Crippen MR) is 51.1 cm³/mol. The lowest BCUT2D eigenvalue weighted by atomic mass is 10.2. The van der Waals surface area contributed by atoms with Gasteiger partial charge in [-0.15, -0.1) is 0 Å². The Morgan fingerprint density at radius 3 is 2.92 bits per heavy atom. The average Bonchev–Trinajstić information content (AvgIpc) is 2.12. The first-order chi connectivity index (χ1) is 6.18. The van der Waals surface area contributed by atoms with Crippen LogP contribution in [0.15, 0.2) is 28.9 Å². The van der Waals surface area contributed by atoms with Crippen LogP contribution in [0.5, 0.6) is 5.75 Å². The van der Waals surface area contributed by atoms with E-state index in [1.54, 1.807) is 6.07 Å². The van der Waals surface area contributed by atoms with Crippen LogP contribution in [0.1, 0.15) is 0 Å². The molecule has 1 aromatic heterocycles. The third-order valence-corrected chi connectivity index (χ3v) is 2.37.